The molecule has 0 spiro atoms. The molecular formula is C18H21N5O3S. The van der Waals surface area contributed by atoms with Crippen LogP contribution in [0.15, 0.2) is 35.4 Å². The first-order valence-corrected chi connectivity index (χ1v) is 10.7. The summed E-state index contributed by atoms with van der Waals surface area (Å²) in [5, 5.41) is 10.0. The van der Waals surface area contributed by atoms with Gasteiger partial charge in [0.15, 0.2) is 5.69 Å². The number of nitrogens with one attached hydrogen (secondary N) is 1. The number of likely N-dealkylation sites (tertiary alicyclic amines) is 1. The summed E-state index contributed by atoms with van der Waals surface area (Å²) in [5.74, 6) is 0.255. The van der Waals surface area contributed by atoms with Crippen molar-refractivity contribution in [2.45, 2.75) is 36.7 Å². The van der Waals surface area contributed by atoms with Crippen LogP contribution in [0.4, 0.5) is 0 Å². The molecule has 3 saturated heterocycles. The van der Waals surface area contributed by atoms with Gasteiger partial charge in [0.1, 0.15) is 0 Å². The normalized spacial score (nSPS) is 30.0. The number of carbonyl (C=O) groups excluding carboxylic acids is 1. The Hall–Kier alpha value is -2.26. The molecule has 1 aromatic carbocycles. The molecule has 4 heterocycles. The van der Waals surface area contributed by atoms with Crippen molar-refractivity contribution in [3.63, 3.8) is 0 Å². The van der Waals surface area contributed by atoms with Gasteiger partial charge in [-0.25, -0.2) is 8.42 Å². The minimum Gasteiger partial charge on any atom is -0.336 e. The number of carbonyl (C=O) groups is 1. The molecule has 9 heteroatoms. The number of nitrogens with zero attached hydrogens (tertiary/aromatic N) is 4. The first kappa shape index (κ1) is 16.9. The summed E-state index contributed by atoms with van der Waals surface area (Å²) in [6, 6.07) is 7.01. The van der Waals surface area contributed by atoms with Gasteiger partial charge in [0.2, 0.25) is 10.0 Å². The molecule has 0 aliphatic carbocycles. The van der Waals surface area contributed by atoms with Crippen LogP contribution in [-0.2, 0) is 10.0 Å². The van der Waals surface area contributed by atoms with E-state index in [2.05, 4.69) is 15.4 Å². The minimum absolute atomic E-state index is 0.0265. The summed E-state index contributed by atoms with van der Waals surface area (Å²) in [5.41, 5.74) is 1.35. The van der Waals surface area contributed by atoms with Gasteiger partial charge >= 0.3 is 0 Å². The lowest BCUT2D eigenvalue weighted by atomic mass is 9.82. The fraction of sp³-hybridized carbons (Fsp3) is 0.500. The lowest BCUT2D eigenvalue weighted by Gasteiger charge is -2.26. The maximum atomic E-state index is 13.3. The van der Waals surface area contributed by atoms with E-state index in [0.717, 1.165) is 18.4 Å². The van der Waals surface area contributed by atoms with Crippen LogP contribution in [0.2, 0.25) is 0 Å². The topological polar surface area (TPSA) is 99.3 Å². The molecule has 1 aromatic heterocycles. The summed E-state index contributed by atoms with van der Waals surface area (Å²) in [7, 11) is -3.51. The van der Waals surface area contributed by atoms with E-state index in [0.29, 0.717) is 23.7 Å². The van der Waals surface area contributed by atoms with Crippen LogP contribution < -0.4 is 0 Å². The molecule has 3 aliphatic heterocycles. The van der Waals surface area contributed by atoms with E-state index >= 15 is 0 Å². The van der Waals surface area contributed by atoms with Crippen LogP contribution in [0.5, 0.6) is 0 Å². The Morgan fingerprint density at radius 2 is 1.74 bits per heavy atom. The van der Waals surface area contributed by atoms with Gasteiger partial charge in [0.25, 0.3) is 5.91 Å². The van der Waals surface area contributed by atoms with Gasteiger partial charge < -0.3 is 4.90 Å². The smallest absolute Gasteiger partial charge is 0.276 e. The number of aryl methyl sites for hydroxylation is 1. The molecule has 2 aromatic rings. The number of sulfonamides is 1. The van der Waals surface area contributed by atoms with E-state index in [-0.39, 0.29) is 29.8 Å². The van der Waals surface area contributed by atoms with Crippen molar-refractivity contribution < 1.29 is 13.2 Å². The highest BCUT2D eigenvalue weighted by atomic mass is 32.2. The number of benzene rings is 1. The average Bonchev–Trinajstić information content (AvgIpc) is 3.42. The Labute approximate surface area is 157 Å². The molecule has 27 heavy (non-hydrogen) atoms. The van der Waals surface area contributed by atoms with E-state index in [1.807, 2.05) is 19.1 Å². The second-order valence-electron chi connectivity index (χ2n) is 7.75. The fourth-order valence-corrected chi connectivity index (χ4v) is 7.10. The maximum absolute atomic E-state index is 13.3. The third kappa shape index (κ3) is 2.45. The second kappa shape index (κ2) is 5.87. The molecule has 3 fully saturated rings. The van der Waals surface area contributed by atoms with Crippen molar-refractivity contribution in [3.8, 4) is 0 Å². The number of amides is 1. The Morgan fingerprint density at radius 3 is 2.30 bits per heavy atom. The number of aromatic amines is 1. The van der Waals surface area contributed by atoms with Crippen molar-refractivity contribution in [1.29, 1.82) is 0 Å². The molecule has 0 saturated carbocycles. The monoisotopic (exact) mass is 387 g/mol. The standard InChI is InChI=1S/C18H21N5O3S/c1-11-2-4-12(5-3-11)27(25,26)23-16-6-7-17(23)14-10-22(9-13(14)16)18(24)15-8-19-21-20-15/h2-5,8,13-14,16-17H,6-7,9-10H2,1H3,(H,19,20,21)/t13-,14+,16-,17+. The van der Waals surface area contributed by atoms with Crippen molar-refractivity contribution in [2.75, 3.05) is 13.1 Å². The Morgan fingerprint density at radius 1 is 1.11 bits per heavy atom. The Bertz CT molecular complexity index is 953. The van der Waals surface area contributed by atoms with Crippen LogP contribution in [-0.4, -0.2) is 64.1 Å². The molecule has 0 radical (unpaired) electrons. The van der Waals surface area contributed by atoms with Gasteiger partial charge in [-0.1, -0.05) is 17.7 Å². The third-order valence-corrected chi connectivity index (χ3v) is 8.30. The number of hydrogen-bond acceptors (Lipinski definition) is 5. The van der Waals surface area contributed by atoms with Gasteiger partial charge in [-0.2, -0.15) is 19.7 Å². The van der Waals surface area contributed by atoms with E-state index < -0.39 is 10.0 Å². The highest BCUT2D eigenvalue weighted by Crippen LogP contribution is 2.51. The average molecular weight is 387 g/mol. The van der Waals surface area contributed by atoms with Crippen molar-refractivity contribution in [2.24, 2.45) is 11.8 Å². The molecule has 1 N–H and O–H groups in total. The van der Waals surface area contributed by atoms with Gasteiger partial charge in [0.05, 0.1) is 11.1 Å². The molecular weight excluding hydrogens is 366 g/mol. The van der Waals surface area contributed by atoms with Crippen LogP contribution in [0, 0.1) is 18.8 Å². The zero-order chi connectivity index (χ0) is 18.8. The molecule has 4 atom stereocenters. The Kier molecular flexibility index (Phi) is 3.67. The third-order valence-electron chi connectivity index (χ3n) is 6.33. The maximum Gasteiger partial charge on any atom is 0.276 e. The van der Waals surface area contributed by atoms with Crippen molar-refractivity contribution >= 4 is 15.9 Å². The molecule has 1 amide bonds. The van der Waals surface area contributed by atoms with Crippen molar-refractivity contribution in [1.82, 2.24) is 24.6 Å². The predicted octanol–water partition coefficient (Wildman–Crippen LogP) is 1.04. The van der Waals surface area contributed by atoms with Crippen LogP contribution >= 0.6 is 0 Å². The summed E-state index contributed by atoms with van der Waals surface area (Å²) < 4.78 is 28.3. The highest BCUT2D eigenvalue weighted by Gasteiger charge is 2.60. The van der Waals surface area contributed by atoms with E-state index in [9.17, 15) is 13.2 Å². The zero-order valence-corrected chi connectivity index (χ0v) is 15.8. The first-order chi connectivity index (χ1) is 13.0. The first-order valence-electron chi connectivity index (χ1n) is 9.22. The second-order valence-corrected chi connectivity index (χ2v) is 9.60. The lowest BCUT2D eigenvalue weighted by molar-refractivity contribution is 0.0767. The molecule has 2 bridgehead atoms. The number of hydrogen-bond donors (Lipinski definition) is 1. The Balaban J connectivity index is 1.40. The zero-order valence-electron chi connectivity index (χ0n) is 14.9. The van der Waals surface area contributed by atoms with Gasteiger partial charge in [-0.15, -0.1) is 0 Å². The molecule has 5 rings (SSSR count). The van der Waals surface area contributed by atoms with Gasteiger partial charge in [0, 0.05) is 25.2 Å². The largest absolute Gasteiger partial charge is 0.336 e. The molecule has 8 nitrogen and oxygen atoms in total. The quantitative estimate of drug-likeness (QED) is 0.848. The predicted molar refractivity (Wildman–Crippen MR) is 96.3 cm³/mol. The van der Waals surface area contributed by atoms with E-state index in [1.165, 1.54) is 6.20 Å². The number of fused-ring (bicyclic) bond motifs is 5. The number of aromatic nitrogens is 3. The van der Waals surface area contributed by atoms with E-state index in [1.54, 1.807) is 21.3 Å². The molecule has 3 aliphatic rings. The highest BCUT2D eigenvalue weighted by molar-refractivity contribution is 7.89. The van der Waals surface area contributed by atoms with Crippen LogP contribution in [0.3, 0.4) is 0 Å². The van der Waals surface area contributed by atoms with Gasteiger partial charge in [-0.05, 0) is 43.7 Å². The van der Waals surface area contributed by atoms with Crippen LogP contribution in [0.25, 0.3) is 0 Å². The lowest BCUT2D eigenvalue weighted by Crippen LogP contribution is -2.41. The van der Waals surface area contributed by atoms with Gasteiger partial charge in [-0.3, -0.25) is 4.79 Å². The summed E-state index contributed by atoms with van der Waals surface area (Å²) in [4.78, 5) is 14.7. The molecule has 142 valence electrons. The molecule has 0 unspecified atom stereocenters. The number of rotatable bonds is 3. The summed E-state index contributed by atoms with van der Waals surface area (Å²) >= 11 is 0. The fourth-order valence-electron chi connectivity index (χ4n) is 5.14. The summed E-state index contributed by atoms with van der Waals surface area (Å²) in [6.45, 7) is 3.11. The van der Waals surface area contributed by atoms with E-state index in [4.69, 9.17) is 0 Å². The number of H-pyrrole nitrogens is 1. The van der Waals surface area contributed by atoms with Crippen LogP contribution in [0.1, 0.15) is 28.9 Å². The van der Waals surface area contributed by atoms with Crippen molar-refractivity contribution in [3.05, 3.63) is 41.7 Å². The SMILES string of the molecule is Cc1ccc(S(=O)(=O)N2[C@@H]3CC[C@H]2[C@H]2CN(C(=O)c4cn[nH]n4)C[C@H]23)cc1. The summed E-state index contributed by atoms with van der Waals surface area (Å²) in [6.07, 6.45) is 3.16. The minimum atomic E-state index is -3.51.